The predicted molar refractivity (Wildman–Crippen MR) is 103 cm³/mol. The highest BCUT2D eigenvalue weighted by Crippen LogP contribution is 2.13. The van der Waals surface area contributed by atoms with E-state index in [4.69, 9.17) is 5.73 Å². The van der Waals surface area contributed by atoms with E-state index < -0.39 is 11.9 Å². The first-order valence-electron chi connectivity index (χ1n) is 9.38. The molecular formula is C20H27N5O2. The average Bonchev–Trinajstić information content (AvgIpc) is 3.10. The molecule has 2 amide bonds. The molecule has 7 nitrogen and oxygen atoms in total. The standard InChI is InChI=1S/C20H27N5O2/c1-16-7-11-24(22-16)12-9-19(26)25-14-13-23(15-18(25)20(21)27)10-8-17-5-3-2-4-6-17/h2-7,11,18H,8-10,12-15H2,1H3,(H2,21,27). The van der Waals surface area contributed by atoms with Crippen molar-refractivity contribution in [3.63, 3.8) is 0 Å². The van der Waals surface area contributed by atoms with Gasteiger partial charge in [-0.1, -0.05) is 30.3 Å². The SMILES string of the molecule is Cc1ccn(CCC(=O)N2CCN(CCc3ccccc3)CC2C(N)=O)n1. The maximum absolute atomic E-state index is 12.6. The second-order valence-electron chi connectivity index (χ2n) is 7.01. The zero-order valence-electron chi connectivity index (χ0n) is 15.8. The Kier molecular flexibility index (Phi) is 6.24. The Morgan fingerprint density at radius 2 is 1.93 bits per heavy atom. The summed E-state index contributed by atoms with van der Waals surface area (Å²) in [5.74, 6) is -0.489. The lowest BCUT2D eigenvalue weighted by molar-refractivity contribution is -0.143. The molecule has 1 fully saturated rings. The zero-order chi connectivity index (χ0) is 19.2. The Morgan fingerprint density at radius 3 is 2.59 bits per heavy atom. The lowest BCUT2D eigenvalue weighted by atomic mass is 10.1. The first-order valence-corrected chi connectivity index (χ1v) is 9.38. The molecule has 0 saturated carbocycles. The molecule has 1 aliphatic rings. The van der Waals surface area contributed by atoms with Crippen molar-refractivity contribution in [1.29, 1.82) is 0 Å². The summed E-state index contributed by atoms with van der Waals surface area (Å²) in [7, 11) is 0. The van der Waals surface area contributed by atoms with Crippen molar-refractivity contribution in [1.82, 2.24) is 19.6 Å². The number of nitrogens with zero attached hydrogens (tertiary/aromatic N) is 4. The van der Waals surface area contributed by atoms with Gasteiger partial charge >= 0.3 is 0 Å². The summed E-state index contributed by atoms with van der Waals surface area (Å²) in [4.78, 5) is 28.4. The third-order valence-electron chi connectivity index (χ3n) is 5.00. The molecule has 1 atom stereocenters. The molecule has 1 unspecified atom stereocenters. The predicted octanol–water partition coefficient (Wildman–Crippen LogP) is 0.822. The molecule has 0 aliphatic carbocycles. The fourth-order valence-corrected chi connectivity index (χ4v) is 3.46. The Hall–Kier alpha value is -2.67. The van der Waals surface area contributed by atoms with Crippen LogP contribution in [0.15, 0.2) is 42.6 Å². The minimum atomic E-state index is -0.568. The van der Waals surface area contributed by atoms with E-state index in [-0.39, 0.29) is 5.91 Å². The second kappa shape index (κ2) is 8.81. The molecule has 2 aromatic rings. The Morgan fingerprint density at radius 1 is 1.15 bits per heavy atom. The maximum atomic E-state index is 12.6. The van der Waals surface area contributed by atoms with Crippen LogP contribution in [0, 0.1) is 6.92 Å². The molecule has 2 heterocycles. The topological polar surface area (TPSA) is 84.5 Å². The minimum Gasteiger partial charge on any atom is -0.368 e. The normalized spacial score (nSPS) is 17.8. The van der Waals surface area contributed by atoms with Crippen LogP contribution < -0.4 is 5.73 Å². The number of hydrogen-bond acceptors (Lipinski definition) is 4. The monoisotopic (exact) mass is 369 g/mol. The van der Waals surface area contributed by atoms with Crippen LogP contribution in [0.25, 0.3) is 0 Å². The molecule has 1 aromatic carbocycles. The number of carbonyl (C=O) groups excluding carboxylic acids is 2. The van der Waals surface area contributed by atoms with Crippen molar-refractivity contribution >= 4 is 11.8 Å². The number of aryl methyl sites for hydroxylation is 2. The second-order valence-corrected chi connectivity index (χ2v) is 7.01. The van der Waals surface area contributed by atoms with Crippen molar-refractivity contribution in [2.45, 2.75) is 32.4 Å². The molecule has 27 heavy (non-hydrogen) atoms. The van der Waals surface area contributed by atoms with E-state index in [2.05, 4.69) is 22.1 Å². The summed E-state index contributed by atoms with van der Waals surface area (Å²) in [5.41, 5.74) is 7.78. The minimum absolute atomic E-state index is 0.0466. The van der Waals surface area contributed by atoms with Crippen molar-refractivity contribution in [2.24, 2.45) is 5.73 Å². The number of rotatable bonds is 7. The van der Waals surface area contributed by atoms with E-state index in [9.17, 15) is 9.59 Å². The Labute approximate surface area is 159 Å². The van der Waals surface area contributed by atoms with Gasteiger partial charge in [0, 0.05) is 45.3 Å². The molecule has 0 radical (unpaired) electrons. The molecule has 1 saturated heterocycles. The number of primary amides is 1. The molecule has 144 valence electrons. The van der Waals surface area contributed by atoms with Crippen molar-refractivity contribution in [3.8, 4) is 0 Å². The van der Waals surface area contributed by atoms with Crippen molar-refractivity contribution in [2.75, 3.05) is 26.2 Å². The van der Waals surface area contributed by atoms with Crippen molar-refractivity contribution < 1.29 is 9.59 Å². The quantitative estimate of drug-likeness (QED) is 0.783. The van der Waals surface area contributed by atoms with Crippen LogP contribution in [0.5, 0.6) is 0 Å². The first kappa shape index (κ1) is 19.1. The van der Waals surface area contributed by atoms with Gasteiger partial charge in [-0.25, -0.2) is 0 Å². The number of hydrogen-bond donors (Lipinski definition) is 1. The summed E-state index contributed by atoms with van der Waals surface area (Å²) in [6, 6.07) is 11.6. The van der Waals surface area contributed by atoms with Crippen molar-refractivity contribution in [3.05, 3.63) is 53.9 Å². The van der Waals surface area contributed by atoms with E-state index in [1.807, 2.05) is 37.4 Å². The zero-order valence-corrected chi connectivity index (χ0v) is 15.8. The number of amides is 2. The lowest BCUT2D eigenvalue weighted by Gasteiger charge is -2.40. The van der Waals surface area contributed by atoms with Crippen LogP contribution in [-0.4, -0.2) is 63.6 Å². The van der Waals surface area contributed by atoms with Crippen LogP contribution in [0.3, 0.4) is 0 Å². The molecule has 2 N–H and O–H groups in total. The summed E-state index contributed by atoms with van der Waals surface area (Å²) in [5, 5.41) is 4.29. The average molecular weight is 369 g/mol. The van der Waals surface area contributed by atoms with Gasteiger partial charge < -0.3 is 10.6 Å². The maximum Gasteiger partial charge on any atom is 0.241 e. The van der Waals surface area contributed by atoms with Gasteiger partial charge in [0.15, 0.2) is 0 Å². The fraction of sp³-hybridized carbons (Fsp3) is 0.450. The molecule has 1 aromatic heterocycles. The number of piperazine rings is 1. The highest BCUT2D eigenvalue weighted by atomic mass is 16.2. The highest BCUT2D eigenvalue weighted by molar-refractivity contribution is 5.87. The van der Waals surface area contributed by atoms with E-state index in [1.54, 1.807) is 9.58 Å². The number of aromatic nitrogens is 2. The summed E-state index contributed by atoms with van der Waals surface area (Å²) in [6.07, 6.45) is 3.09. The van der Waals surface area contributed by atoms with Crippen LogP contribution in [0.4, 0.5) is 0 Å². The van der Waals surface area contributed by atoms with E-state index in [0.717, 1.165) is 25.2 Å². The third kappa shape index (κ3) is 5.17. The molecular weight excluding hydrogens is 342 g/mol. The van der Waals surface area contributed by atoms with Gasteiger partial charge in [-0.05, 0) is 25.0 Å². The van der Waals surface area contributed by atoms with Crippen LogP contribution >= 0.6 is 0 Å². The van der Waals surface area contributed by atoms with E-state index in [0.29, 0.717) is 26.1 Å². The molecule has 0 spiro atoms. The summed E-state index contributed by atoms with van der Waals surface area (Å²) in [6.45, 7) is 5.04. The van der Waals surface area contributed by atoms with Gasteiger partial charge in [0.05, 0.1) is 5.69 Å². The molecule has 3 rings (SSSR count). The van der Waals surface area contributed by atoms with E-state index >= 15 is 0 Å². The van der Waals surface area contributed by atoms with Gasteiger partial charge in [0.1, 0.15) is 6.04 Å². The van der Waals surface area contributed by atoms with Crippen LogP contribution in [-0.2, 0) is 22.6 Å². The van der Waals surface area contributed by atoms with Gasteiger partial charge in [-0.3, -0.25) is 19.2 Å². The van der Waals surface area contributed by atoms with Gasteiger partial charge in [0.2, 0.25) is 11.8 Å². The van der Waals surface area contributed by atoms with Crippen LogP contribution in [0.2, 0.25) is 0 Å². The number of nitrogens with two attached hydrogens (primary N) is 1. The highest BCUT2D eigenvalue weighted by Gasteiger charge is 2.33. The van der Waals surface area contributed by atoms with E-state index in [1.165, 1.54) is 5.56 Å². The molecule has 7 heteroatoms. The molecule has 0 bridgehead atoms. The number of carbonyl (C=O) groups is 2. The number of benzene rings is 1. The Bertz CT molecular complexity index is 774. The summed E-state index contributed by atoms with van der Waals surface area (Å²) < 4.78 is 1.75. The molecule has 1 aliphatic heterocycles. The first-order chi connectivity index (χ1) is 13.0. The Balaban J connectivity index is 1.54. The van der Waals surface area contributed by atoms with Gasteiger partial charge in [-0.2, -0.15) is 5.10 Å². The van der Waals surface area contributed by atoms with Gasteiger partial charge in [-0.15, -0.1) is 0 Å². The van der Waals surface area contributed by atoms with Gasteiger partial charge in [0.25, 0.3) is 0 Å². The fourth-order valence-electron chi connectivity index (χ4n) is 3.46. The summed E-state index contributed by atoms with van der Waals surface area (Å²) >= 11 is 0. The lowest BCUT2D eigenvalue weighted by Crippen LogP contribution is -2.60. The smallest absolute Gasteiger partial charge is 0.241 e. The largest absolute Gasteiger partial charge is 0.368 e. The van der Waals surface area contributed by atoms with Crippen LogP contribution in [0.1, 0.15) is 17.7 Å². The third-order valence-corrected chi connectivity index (χ3v) is 5.00.